The first-order valence-electron chi connectivity index (χ1n) is 9.92. The van der Waals surface area contributed by atoms with Crippen LogP contribution in [0.1, 0.15) is 30.4 Å². The topological polar surface area (TPSA) is 64.6 Å². The van der Waals surface area contributed by atoms with E-state index in [9.17, 15) is 8.42 Å². The van der Waals surface area contributed by atoms with Crippen LogP contribution in [0.25, 0.3) is 0 Å². The summed E-state index contributed by atoms with van der Waals surface area (Å²) in [5.41, 5.74) is 2.25. The molecule has 0 radical (unpaired) electrons. The third-order valence-electron chi connectivity index (χ3n) is 5.12. The Morgan fingerprint density at radius 3 is 2.48 bits per heavy atom. The van der Waals surface area contributed by atoms with Crippen molar-refractivity contribution < 1.29 is 17.3 Å². The van der Waals surface area contributed by atoms with E-state index in [1.165, 1.54) is 5.56 Å². The first-order valence-corrected chi connectivity index (χ1v) is 12.4. The number of hydrogen-bond acceptors (Lipinski definition) is 6. The van der Waals surface area contributed by atoms with Gasteiger partial charge in [0.05, 0.1) is 18.6 Å². The number of methoxy groups -OCH3 is 1. The van der Waals surface area contributed by atoms with Crippen LogP contribution in [0.3, 0.4) is 0 Å². The lowest BCUT2D eigenvalue weighted by atomic mass is 10.1. The molecule has 0 saturated carbocycles. The normalized spacial score (nSPS) is 17.9. The van der Waals surface area contributed by atoms with Crippen molar-refractivity contribution >= 4 is 21.9 Å². The van der Waals surface area contributed by atoms with Crippen LogP contribution in [0.5, 0.6) is 5.75 Å². The zero-order chi connectivity index (χ0) is 20.7. The van der Waals surface area contributed by atoms with Crippen molar-refractivity contribution in [2.24, 2.45) is 0 Å². The fraction of sp³-hybridized carbons (Fsp3) is 0.455. The summed E-state index contributed by atoms with van der Waals surface area (Å²) in [4.78, 5) is 0.213. The van der Waals surface area contributed by atoms with Gasteiger partial charge in [-0.25, -0.2) is 0 Å². The largest absolute Gasteiger partial charge is 0.497 e. The summed E-state index contributed by atoms with van der Waals surface area (Å²) in [6.07, 6.45) is 2.96. The average molecular weight is 436 g/mol. The molecular formula is C22H29NO4S2. The van der Waals surface area contributed by atoms with Crippen LogP contribution >= 0.6 is 11.8 Å². The Morgan fingerprint density at radius 2 is 1.86 bits per heavy atom. The number of rotatable bonds is 10. The highest BCUT2D eigenvalue weighted by Crippen LogP contribution is 2.28. The molecule has 2 atom stereocenters. The molecule has 0 aliphatic carbocycles. The van der Waals surface area contributed by atoms with E-state index in [2.05, 4.69) is 17.4 Å². The molecule has 2 aromatic carbocycles. The van der Waals surface area contributed by atoms with E-state index in [4.69, 9.17) is 8.92 Å². The molecule has 2 unspecified atom stereocenters. The Balaban J connectivity index is 1.56. The van der Waals surface area contributed by atoms with Gasteiger partial charge < -0.3 is 10.1 Å². The Kier molecular flexibility index (Phi) is 8.00. The summed E-state index contributed by atoms with van der Waals surface area (Å²) < 4.78 is 35.4. The van der Waals surface area contributed by atoms with Crippen molar-refractivity contribution in [1.82, 2.24) is 5.32 Å². The zero-order valence-electron chi connectivity index (χ0n) is 17.0. The summed E-state index contributed by atoms with van der Waals surface area (Å²) in [6, 6.07) is 15.2. The molecule has 1 aliphatic heterocycles. The molecule has 5 nitrogen and oxygen atoms in total. The van der Waals surface area contributed by atoms with Crippen LogP contribution in [0, 0.1) is 6.92 Å². The van der Waals surface area contributed by atoms with E-state index in [0.29, 0.717) is 17.7 Å². The summed E-state index contributed by atoms with van der Waals surface area (Å²) >= 11 is 1.86. The quantitative estimate of drug-likeness (QED) is 0.566. The molecule has 0 spiro atoms. The summed E-state index contributed by atoms with van der Waals surface area (Å²) in [6.45, 7) is 3.14. The summed E-state index contributed by atoms with van der Waals surface area (Å²) in [5, 5.41) is 3.85. The van der Waals surface area contributed by atoms with Crippen molar-refractivity contribution in [3.05, 3.63) is 59.7 Å². The van der Waals surface area contributed by atoms with Crippen LogP contribution < -0.4 is 10.1 Å². The molecule has 3 rings (SSSR count). The van der Waals surface area contributed by atoms with Gasteiger partial charge in [0.15, 0.2) is 0 Å². The van der Waals surface area contributed by atoms with Gasteiger partial charge >= 0.3 is 0 Å². The molecule has 0 bridgehead atoms. The van der Waals surface area contributed by atoms with Crippen molar-refractivity contribution in [2.75, 3.05) is 20.3 Å². The number of nitrogens with one attached hydrogen (secondary N) is 1. The molecule has 158 valence electrons. The Morgan fingerprint density at radius 1 is 1.14 bits per heavy atom. The monoisotopic (exact) mass is 435 g/mol. The SMILES string of the molecule is COc1ccc(CSC(CCOS(=O)(=O)c2ccc(C)cc2)C2CCCN2)cc1. The minimum absolute atomic E-state index is 0.189. The van der Waals surface area contributed by atoms with Crippen molar-refractivity contribution in [2.45, 2.75) is 48.1 Å². The van der Waals surface area contributed by atoms with Gasteiger partial charge in [-0.1, -0.05) is 29.8 Å². The predicted octanol–water partition coefficient (Wildman–Crippen LogP) is 4.15. The number of benzene rings is 2. The summed E-state index contributed by atoms with van der Waals surface area (Å²) in [5.74, 6) is 1.72. The van der Waals surface area contributed by atoms with Gasteiger partial charge in [-0.15, -0.1) is 0 Å². The Hall–Kier alpha value is -1.54. The van der Waals surface area contributed by atoms with E-state index in [0.717, 1.165) is 36.5 Å². The first kappa shape index (κ1) is 22.2. The molecule has 29 heavy (non-hydrogen) atoms. The molecule has 0 aromatic heterocycles. The van der Waals surface area contributed by atoms with E-state index >= 15 is 0 Å². The van der Waals surface area contributed by atoms with Gasteiger partial charge in [0.2, 0.25) is 0 Å². The van der Waals surface area contributed by atoms with Gasteiger partial charge in [-0.2, -0.15) is 20.2 Å². The predicted molar refractivity (Wildman–Crippen MR) is 118 cm³/mol. The third kappa shape index (κ3) is 6.47. The van der Waals surface area contributed by atoms with Crippen LogP contribution in [0.15, 0.2) is 53.4 Å². The highest BCUT2D eigenvalue weighted by Gasteiger charge is 2.26. The van der Waals surface area contributed by atoms with Gasteiger partial charge in [0.1, 0.15) is 5.75 Å². The van der Waals surface area contributed by atoms with Crippen LogP contribution in [0.2, 0.25) is 0 Å². The second-order valence-electron chi connectivity index (χ2n) is 7.28. The van der Waals surface area contributed by atoms with Crippen LogP contribution in [-0.2, 0) is 20.1 Å². The minimum atomic E-state index is -3.71. The zero-order valence-corrected chi connectivity index (χ0v) is 18.6. The van der Waals surface area contributed by atoms with Crippen molar-refractivity contribution in [3.63, 3.8) is 0 Å². The standard InChI is InChI=1S/C22H29NO4S2/c1-17-5-11-20(12-6-17)29(24,25)27-15-13-22(21-4-3-14-23-21)28-16-18-7-9-19(26-2)10-8-18/h5-12,21-23H,3-4,13-16H2,1-2H3. The molecular weight excluding hydrogens is 406 g/mol. The molecule has 7 heteroatoms. The van der Waals surface area contributed by atoms with E-state index < -0.39 is 10.1 Å². The number of ether oxygens (including phenoxy) is 1. The van der Waals surface area contributed by atoms with Gasteiger partial charge in [-0.05, 0) is 62.6 Å². The van der Waals surface area contributed by atoms with E-state index in [-0.39, 0.29) is 11.5 Å². The van der Waals surface area contributed by atoms with E-state index in [1.807, 2.05) is 30.8 Å². The lowest BCUT2D eigenvalue weighted by molar-refractivity contribution is 0.304. The van der Waals surface area contributed by atoms with Gasteiger partial charge in [0.25, 0.3) is 10.1 Å². The Bertz CT molecular complexity index is 861. The Labute approximate surface area is 178 Å². The maximum atomic E-state index is 12.4. The van der Waals surface area contributed by atoms with E-state index in [1.54, 1.807) is 31.4 Å². The molecule has 0 amide bonds. The summed E-state index contributed by atoms with van der Waals surface area (Å²) in [7, 11) is -2.05. The molecule has 1 heterocycles. The maximum Gasteiger partial charge on any atom is 0.296 e. The van der Waals surface area contributed by atoms with Crippen molar-refractivity contribution in [3.8, 4) is 5.75 Å². The van der Waals surface area contributed by atoms with Gasteiger partial charge in [-0.3, -0.25) is 4.18 Å². The number of aryl methyl sites for hydroxylation is 1. The molecule has 1 aliphatic rings. The molecule has 1 saturated heterocycles. The molecule has 1 N–H and O–H groups in total. The van der Waals surface area contributed by atoms with Crippen LogP contribution in [0.4, 0.5) is 0 Å². The average Bonchev–Trinajstić information content (AvgIpc) is 3.26. The smallest absolute Gasteiger partial charge is 0.296 e. The fourth-order valence-electron chi connectivity index (χ4n) is 3.40. The van der Waals surface area contributed by atoms with Crippen molar-refractivity contribution in [1.29, 1.82) is 0 Å². The third-order valence-corrected chi connectivity index (χ3v) is 7.94. The highest BCUT2D eigenvalue weighted by atomic mass is 32.2. The highest BCUT2D eigenvalue weighted by molar-refractivity contribution is 7.99. The van der Waals surface area contributed by atoms with Gasteiger partial charge in [0, 0.05) is 17.0 Å². The minimum Gasteiger partial charge on any atom is -0.497 e. The molecule has 2 aromatic rings. The fourth-order valence-corrected chi connectivity index (χ4v) is 5.65. The second-order valence-corrected chi connectivity index (χ2v) is 10.1. The maximum absolute atomic E-state index is 12.4. The number of thioether (sulfide) groups is 1. The molecule has 1 fully saturated rings. The van der Waals surface area contributed by atoms with Crippen LogP contribution in [-0.4, -0.2) is 40.0 Å². The first-order chi connectivity index (χ1) is 14.0. The lowest BCUT2D eigenvalue weighted by Gasteiger charge is -2.23. The number of hydrogen-bond donors (Lipinski definition) is 1. The lowest BCUT2D eigenvalue weighted by Crippen LogP contribution is -2.33. The second kappa shape index (κ2) is 10.5.